The number of hydrogen-bond acceptors (Lipinski definition) is 2. The second kappa shape index (κ2) is 6.60. The Hall–Kier alpha value is -1.09. The molecule has 1 aliphatic rings. The SMILES string of the molecule is CCCCOC1=CC(=[N+]=[N-])C(Cl)=CC1N(C)C. The fourth-order valence-corrected chi connectivity index (χ4v) is 1.75. The first-order valence-electron chi connectivity index (χ1n) is 5.70. The maximum Gasteiger partial charge on any atom is 0.336 e. The second-order valence-electron chi connectivity index (χ2n) is 4.16. The van der Waals surface area contributed by atoms with Crippen LogP contribution in [-0.4, -0.2) is 42.1 Å². The molecule has 0 saturated carbocycles. The average Bonchev–Trinajstić information content (AvgIpc) is 2.30. The number of rotatable bonds is 5. The minimum Gasteiger partial charge on any atom is -0.496 e. The predicted molar refractivity (Wildman–Crippen MR) is 69.0 cm³/mol. The van der Waals surface area contributed by atoms with E-state index in [0.717, 1.165) is 18.6 Å². The number of ether oxygens (including phenoxy) is 1. The molecule has 0 aromatic carbocycles. The third kappa shape index (κ3) is 3.70. The Morgan fingerprint density at radius 2 is 2.24 bits per heavy atom. The van der Waals surface area contributed by atoms with Crippen molar-refractivity contribution in [2.45, 2.75) is 25.8 Å². The Balaban J connectivity index is 2.85. The van der Waals surface area contributed by atoms with E-state index in [1.54, 1.807) is 6.08 Å². The van der Waals surface area contributed by atoms with Crippen LogP contribution >= 0.6 is 11.6 Å². The van der Waals surface area contributed by atoms with E-state index in [-0.39, 0.29) is 6.04 Å². The van der Waals surface area contributed by atoms with Crippen molar-refractivity contribution >= 4 is 17.3 Å². The van der Waals surface area contributed by atoms with Crippen LogP contribution in [-0.2, 0) is 4.74 Å². The molecule has 0 N–H and O–H groups in total. The fourth-order valence-electron chi connectivity index (χ4n) is 1.54. The molecule has 0 saturated heterocycles. The zero-order chi connectivity index (χ0) is 12.8. The van der Waals surface area contributed by atoms with Gasteiger partial charge in [-0.2, -0.15) is 4.79 Å². The molecule has 1 unspecified atom stereocenters. The van der Waals surface area contributed by atoms with Crippen molar-refractivity contribution in [2.75, 3.05) is 20.7 Å². The molecular formula is C12H18ClN3O. The Labute approximate surface area is 107 Å². The van der Waals surface area contributed by atoms with Gasteiger partial charge in [-0.15, -0.1) is 0 Å². The topological polar surface area (TPSA) is 48.9 Å². The van der Waals surface area contributed by atoms with E-state index in [4.69, 9.17) is 21.9 Å². The lowest BCUT2D eigenvalue weighted by molar-refractivity contribution is -0.00275. The van der Waals surface area contributed by atoms with Crippen LogP contribution in [0.5, 0.6) is 0 Å². The van der Waals surface area contributed by atoms with Crippen LogP contribution in [0.3, 0.4) is 0 Å². The summed E-state index contributed by atoms with van der Waals surface area (Å²) >= 11 is 5.99. The van der Waals surface area contributed by atoms with Gasteiger partial charge in [-0.05, 0) is 26.6 Å². The zero-order valence-electron chi connectivity index (χ0n) is 10.5. The first-order valence-corrected chi connectivity index (χ1v) is 6.08. The van der Waals surface area contributed by atoms with Gasteiger partial charge in [0, 0.05) is 0 Å². The van der Waals surface area contributed by atoms with Gasteiger partial charge >= 0.3 is 5.71 Å². The van der Waals surface area contributed by atoms with Gasteiger partial charge in [-0.1, -0.05) is 24.9 Å². The smallest absolute Gasteiger partial charge is 0.336 e. The fraction of sp³-hybridized carbons (Fsp3) is 0.583. The standard InChI is InChI=1S/C12H18ClN3O/c1-4-5-6-17-12-8-10(15-14)9(13)7-11(12)16(2)3/h7-8,11H,4-6H2,1-3H3. The van der Waals surface area contributed by atoms with Crippen molar-refractivity contribution in [2.24, 2.45) is 0 Å². The Bertz CT molecular complexity index is 381. The molecule has 0 fully saturated rings. The van der Waals surface area contributed by atoms with Crippen molar-refractivity contribution in [1.82, 2.24) is 4.90 Å². The zero-order valence-corrected chi connectivity index (χ0v) is 11.2. The third-order valence-electron chi connectivity index (χ3n) is 2.55. The van der Waals surface area contributed by atoms with Gasteiger partial charge in [-0.3, -0.25) is 4.90 Å². The van der Waals surface area contributed by atoms with Gasteiger partial charge < -0.3 is 10.3 Å². The van der Waals surface area contributed by atoms with Crippen LogP contribution in [0.15, 0.2) is 22.9 Å². The number of likely N-dealkylation sites (N-methyl/N-ethyl adjacent to an activating group) is 1. The Morgan fingerprint density at radius 1 is 1.53 bits per heavy atom. The van der Waals surface area contributed by atoms with E-state index in [1.165, 1.54) is 0 Å². The molecule has 0 amide bonds. The van der Waals surface area contributed by atoms with E-state index in [1.807, 2.05) is 25.1 Å². The summed E-state index contributed by atoms with van der Waals surface area (Å²) in [7, 11) is 3.90. The van der Waals surface area contributed by atoms with Crippen molar-refractivity contribution in [1.29, 1.82) is 0 Å². The van der Waals surface area contributed by atoms with Gasteiger partial charge in [0.05, 0.1) is 18.7 Å². The minimum atomic E-state index is -0.00939. The molecule has 1 rings (SSSR count). The molecular weight excluding hydrogens is 238 g/mol. The van der Waals surface area contributed by atoms with Gasteiger partial charge in [-0.25, -0.2) is 0 Å². The van der Waals surface area contributed by atoms with E-state index >= 15 is 0 Å². The lowest BCUT2D eigenvalue weighted by Crippen LogP contribution is -2.32. The number of halogens is 1. The molecule has 0 aromatic heterocycles. The summed E-state index contributed by atoms with van der Waals surface area (Å²) in [6.07, 6.45) is 5.58. The molecule has 0 radical (unpaired) electrons. The maximum absolute atomic E-state index is 8.82. The number of unbranched alkanes of at least 4 members (excludes halogenated alkanes) is 1. The largest absolute Gasteiger partial charge is 0.496 e. The van der Waals surface area contributed by atoms with Gasteiger partial charge in [0.2, 0.25) is 0 Å². The molecule has 94 valence electrons. The molecule has 1 atom stereocenters. The molecule has 1 aliphatic carbocycles. The first-order chi connectivity index (χ1) is 8.10. The molecule has 4 nitrogen and oxygen atoms in total. The van der Waals surface area contributed by atoms with E-state index in [0.29, 0.717) is 17.4 Å². The Kier molecular flexibility index (Phi) is 5.42. The normalized spacial score (nSPS) is 19.8. The third-order valence-corrected chi connectivity index (χ3v) is 2.87. The number of allylic oxidation sites excluding steroid dienone is 2. The average molecular weight is 256 g/mol. The minimum absolute atomic E-state index is 0.00939. The van der Waals surface area contributed by atoms with Crippen molar-refractivity contribution in [3.05, 3.63) is 28.5 Å². The first kappa shape index (κ1) is 14.0. The summed E-state index contributed by atoms with van der Waals surface area (Å²) in [6, 6.07) is -0.00939. The molecule has 0 spiro atoms. The summed E-state index contributed by atoms with van der Waals surface area (Å²) in [5, 5.41) is 0.439. The van der Waals surface area contributed by atoms with Gasteiger partial charge in [0.1, 0.15) is 10.8 Å². The molecule has 17 heavy (non-hydrogen) atoms. The van der Waals surface area contributed by atoms with Gasteiger partial charge in [0.25, 0.3) is 0 Å². The lowest BCUT2D eigenvalue weighted by atomic mass is 10.1. The number of nitrogens with zero attached hydrogens (tertiary/aromatic N) is 3. The van der Waals surface area contributed by atoms with Crippen LogP contribution in [0.1, 0.15) is 19.8 Å². The van der Waals surface area contributed by atoms with Crippen LogP contribution in [0.25, 0.3) is 5.53 Å². The second-order valence-corrected chi connectivity index (χ2v) is 4.56. The van der Waals surface area contributed by atoms with Gasteiger partial charge in [0.15, 0.2) is 0 Å². The molecule has 0 bridgehead atoms. The number of hydrogen-bond donors (Lipinski definition) is 0. The lowest BCUT2D eigenvalue weighted by Gasteiger charge is -2.25. The highest BCUT2D eigenvalue weighted by Crippen LogP contribution is 2.22. The van der Waals surface area contributed by atoms with E-state index < -0.39 is 0 Å². The van der Waals surface area contributed by atoms with Crippen LogP contribution in [0, 0.1) is 0 Å². The summed E-state index contributed by atoms with van der Waals surface area (Å²) in [5.74, 6) is 0.764. The van der Waals surface area contributed by atoms with Crippen molar-refractivity contribution in [3.63, 3.8) is 0 Å². The van der Waals surface area contributed by atoms with Crippen LogP contribution in [0.4, 0.5) is 0 Å². The summed E-state index contributed by atoms with van der Waals surface area (Å²) in [5.41, 5.74) is 9.17. The van der Waals surface area contributed by atoms with Crippen LogP contribution in [0.2, 0.25) is 0 Å². The molecule has 0 aliphatic heterocycles. The van der Waals surface area contributed by atoms with Crippen molar-refractivity contribution in [3.8, 4) is 0 Å². The summed E-state index contributed by atoms with van der Waals surface area (Å²) in [4.78, 5) is 5.14. The summed E-state index contributed by atoms with van der Waals surface area (Å²) < 4.78 is 5.70. The molecule has 0 aromatic rings. The highest BCUT2D eigenvalue weighted by molar-refractivity contribution is 6.44. The van der Waals surface area contributed by atoms with Crippen LogP contribution < -0.4 is 0 Å². The highest BCUT2D eigenvalue weighted by atomic mass is 35.5. The quantitative estimate of drug-likeness (QED) is 0.430. The van der Waals surface area contributed by atoms with E-state index in [9.17, 15) is 0 Å². The molecule has 5 heteroatoms. The molecule has 0 heterocycles. The van der Waals surface area contributed by atoms with Crippen molar-refractivity contribution < 1.29 is 9.53 Å². The summed E-state index contributed by atoms with van der Waals surface area (Å²) in [6.45, 7) is 2.77. The highest BCUT2D eigenvalue weighted by Gasteiger charge is 2.27. The Morgan fingerprint density at radius 3 is 2.76 bits per heavy atom. The maximum atomic E-state index is 8.82. The predicted octanol–water partition coefficient (Wildman–Crippen LogP) is 2.42. The van der Waals surface area contributed by atoms with E-state index in [2.05, 4.69) is 11.7 Å². The monoisotopic (exact) mass is 255 g/mol.